The van der Waals surface area contributed by atoms with Crippen LogP contribution in [0.15, 0.2) is 96.3 Å². The van der Waals surface area contributed by atoms with Crippen molar-refractivity contribution in [3.05, 3.63) is 102 Å². The van der Waals surface area contributed by atoms with Crippen LogP contribution in [0.2, 0.25) is 0 Å². The van der Waals surface area contributed by atoms with E-state index in [1.54, 1.807) is 0 Å². The summed E-state index contributed by atoms with van der Waals surface area (Å²) in [7, 11) is -0.475. The average Bonchev–Trinajstić information content (AvgIpc) is 2.58. The van der Waals surface area contributed by atoms with Crippen molar-refractivity contribution < 1.29 is 0 Å². The van der Waals surface area contributed by atoms with Gasteiger partial charge in [0.25, 0.3) is 0 Å². The van der Waals surface area contributed by atoms with Crippen molar-refractivity contribution in [3.8, 4) is 0 Å². The third kappa shape index (κ3) is 4.44. The molecule has 0 N–H and O–H groups in total. The van der Waals surface area contributed by atoms with Crippen LogP contribution in [0.3, 0.4) is 0 Å². The van der Waals surface area contributed by atoms with Crippen molar-refractivity contribution in [1.29, 1.82) is 0 Å². The fourth-order valence-corrected chi connectivity index (χ4v) is 4.90. The van der Waals surface area contributed by atoms with Gasteiger partial charge in [0.15, 0.2) is 0 Å². The van der Waals surface area contributed by atoms with Gasteiger partial charge in [0, 0.05) is 8.41 Å². The predicted molar refractivity (Wildman–Crippen MR) is 105 cm³/mol. The summed E-state index contributed by atoms with van der Waals surface area (Å²) in [6.07, 6.45) is 2.31. The van der Waals surface area contributed by atoms with Crippen molar-refractivity contribution in [3.63, 3.8) is 0 Å². The van der Waals surface area contributed by atoms with Crippen molar-refractivity contribution in [1.82, 2.24) is 0 Å². The molecule has 0 aliphatic carbocycles. The zero-order valence-corrected chi connectivity index (χ0v) is 14.2. The minimum absolute atomic E-state index is 0. The topological polar surface area (TPSA) is 0 Å². The molecular weight excluding hydrogens is 294 g/mol. The Labute approximate surface area is 142 Å². The Balaban J connectivity index is 0.00000192. The first-order valence-corrected chi connectivity index (χ1v) is 8.82. The summed E-state index contributed by atoms with van der Waals surface area (Å²) < 4.78 is 0. The Bertz CT molecular complexity index is 697. The molecule has 3 radical (unpaired) electrons. The fourth-order valence-electron chi connectivity index (χ4n) is 2.57. The van der Waals surface area contributed by atoms with E-state index in [4.69, 9.17) is 0 Å². The van der Waals surface area contributed by atoms with Crippen LogP contribution < -0.4 is 10.6 Å². The fraction of sp³-hybridized carbons (Fsp3) is 0.0476. The van der Waals surface area contributed by atoms with E-state index >= 15 is 0 Å². The van der Waals surface area contributed by atoms with Gasteiger partial charge >= 0.3 is 0 Å². The van der Waals surface area contributed by atoms with Gasteiger partial charge in [0.1, 0.15) is 0 Å². The molecule has 0 aromatic heterocycles. The Hall–Kier alpha value is -2.11. The van der Waals surface area contributed by atoms with Crippen LogP contribution in [0, 0.1) is 0 Å². The van der Waals surface area contributed by atoms with E-state index in [2.05, 4.69) is 104 Å². The predicted octanol–water partition coefficient (Wildman–Crippen LogP) is 4.80. The lowest BCUT2D eigenvalue weighted by molar-refractivity contribution is 1.62. The summed E-state index contributed by atoms with van der Waals surface area (Å²) in [6.45, 7) is 2.25. The van der Waals surface area contributed by atoms with Crippen LogP contribution >= 0.6 is 7.92 Å². The second-order valence-electron chi connectivity index (χ2n) is 5.20. The van der Waals surface area contributed by atoms with Gasteiger partial charge in [0.2, 0.25) is 0 Å². The van der Waals surface area contributed by atoms with E-state index in [0.717, 1.165) is 0 Å². The quantitative estimate of drug-likeness (QED) is 0.479. The zero-order valence-electron chi connectivity index (χ0n) is 13.3. The molecule has 3 aromatic carbocycles. The van der Waals surface area contributed by atoms with Gasteiger partial charge in [-0.15, -0.1) is 0 Å². The Morgan fingerprint density at radius 3 is 1.48 bits per heavy atom. The molecule has 0 atom stereocenters. The van der Waals surface area contributed by atoms with E-state index in [1.165, 1.54) is 21.5 Å². The van der Waals surface area contributed by atoms with Gasteiger partial charge in [-0.25, -0.2) is 0 Å². The van der Waals surface area contributed by atoms with Crippen LogP contribution in [0.25, 0.3) is 6.08 Å². The van der Waals surface area contributed by atoms with E-state index in [-0.39, 0.29) is 8.41 Å². The van der Waals surface area contributed by atoms with E-state index in [9.17, 15) is 0 Å². The molecule has 0 spiro atoms. The van der Waals surface area contributed by atoms with Gasteiger partial charge in [0.05, 0.1) is 0 Å². The number of hydrogen-bond acceptors (Lipinski definition) is 0. The maximum atomic E-state index is 2.31. The van der Waals surface area contributed by atoms with Crippen LogP contribution in [0.4, 0.5) is 0 Å². The second kappa shape index (κ2) is 8.51. The lowest BCUT2D eigenvalue weighted by atomic mass is 10.2. The number of allylic oxidation sites excluding steroid dienone is 1. The Kier molecular flexibility index (Phi) is 6.38. The van der Waals surface area contributed by atoms with Crippen molar-refractivity contribution in [2.45, 2.75) is 6.92 Å². The monoisotopic (exact) mass is 313 g/mol. The summed E-state index contributed by atoms with van der Waals surface area (Å²) >= 11 is 0. The first-order valence-electron chi connectivity index (χ1n) is 7.48. The third-order valence-electron chi connectivity index (χ3n) is 3.56. The molecule has 0 fully saturated rings. The first-order chi connectivity index (χ1) is 10.8. The molecule has 23 heavy (non-hydrogen) atoms. The molecule has 0 amide bonds. The van der Waals surface area contributed by atoms with E-state index in [1.807, 2.05) is 0 Å². The van der Waals surface area contributed by atoms with Gasteiger partial charge < -0.3 is 0 Å². The molecule has 3 rings (SSSR count). The molecule has 111 valence electrons. The summed E-state index contributed by atoms with van der Waals surface area (Å²) in [5, 5.41) is 4.21. The second-order valence-corrected chi connectivity index (χ2v) is 7.61. The molecule has 3 aromatic rings. The van der Waals surface area contributed by atoms with Gasteiger partial charge in [-0.3, -0.25) is 0 Å². The Morgan fingerprint density at radius 1 is 0.652 bits per heavy atom. The maximum absolute atomic E-state index is 2.31. The van der Waals surface area contributed by atoms with Crippen molar-refractivity contribution in [2.24, 2.45) is 0 Å². The largest absolute Gasteiger partial charge is 0.0622 e. The number of hydrogen-bond donors (Lipinski definition) is 0. The molecule has 0 bridgehead atoms. The molecule has 0 aliphatic heterocycles. The molecule has 0 unspecified atom stereocenters. The van der Waals surface area contributed by atoms with E-state index < -0.39 is 7.92 Å². The number of benzene rings is 3. The minimum atomic E-state index is -0.475. The maximum Gasteiger partial charge on any atom is 0 e. The summed E-state index contributed by atoms with van der Waals surface area (Å²) in [5.41, 5.74) is 1.26. The highest BCUT2D eigenvalue weighted by Gasteiger charge is 2.15. The van der Waals surface area contributed by atoms with Crippen LogP contribution in [0.1, 0.15) is 12.5 Å². The first kappa shape index (κ1) is 17.3. The molecule has 0 heterocycles. The molecule has 0 nitrogen and oxygen atoms in total. The molecular formula is C21H19BP. The summed E-state index contributed by atoms with van der Waals surface area (Å²) in [6, 6.07) is 32.2. The highest BCUT2D eigenvalue weighted by molar-refractivity contribution is 7.76. The highest BCUT2D eigenvalue weighted by Crippen LogP contribution is 2.43. The smallest absolute Gasteiger partial charge is 0 e. The summed E-state index contributed by atoms with van der Waals surface area (Å²) in [4.78, 5) is 0. The van der Waals surface area contributed by atoms with Crippen LogP contribution in [0.5, 0.6) is 0 Å². The lowest BCUT2D eigenvalue weighted by Gasteiger charge is -2.19. The van der Waals surface area contributed by atoms with Crippen LogP contribution in [-0.2, 0) is 0 Å². The number of rotatable bonds is 4. The molecule has 2 heteroatoms. The molecule has 0 aliphatic rings. The standard InChI is InChI=1S/C21H19P.B/c1-18(17-19-11-5-2-6-12-19)22(20-13-7-3-8-14-20)21-15-9-4-10-16-21;/h2-17H,1H3;/b18-17+;. The van der Waals surface area contributed by atoms with Gasteiger partial charge in [-0.2, -0.15) is 0 Å². The normalized spacial score (nSPS) is 11.1. The molecule has 0 saturated carbocycles. The SMILES string of the molecule is C/C(=C\c1ccccc1)P(c1ccccc1)c1ccccc1.[B]. The molecule has 0 saturated heterocycles. The van der Waals surface area contributed by atoms with Crippen LogP contribution in [-0.4, -0.2) is 8.41 Å². The average molecular weight is 313 g/mol. The summed E-state index contributed by atoms with van der Waals surface area (Å²) in [5.74, 6) is 0. The Morgan fingerprint density at radius 2 is 1.04 bits per heavy atom. The van der Waals surface area contributed by atoms with Gasteiger partial charge in [-0.1, -0.05) is 97.1 Å². The van der Waals surface area contributed by atoms with Crippen molar-refractivity contribution >= 4 is 33.0 Å². The highest BCUT2D eigenvalue weighted by atomic mass is 31.1. The third-order valence-corrected chi connectivity index (χ3v) is 6.02. The minimum Gasteiger partial charge on any atom is -0.0622 e. The van der Waals surface area contributed by atoms with Crippen molar-refractivity contribution in [2.75, 3.05) is 0 Å². The van der Waals surface area contributed by atoms with Gasteiger partial charge in [-0.05, 0) is 36.3 Å². The van der Waals surface area contributed by atoms with E-state index in [0.29, 0.717) is 0 Å². The zero-order chi connectivity index (χ0) is 15.2. The lowest BCUT2D eigenvalue weighted by Crippen LogP contribution is -2.11.